The summed E-state index contributed by atoms with van der Waals surface area (Å²) >= 11 is 0. The predicted octanol–water partition coefficient (Wildman–Crippen LogP) is 2.89. The van der Waals surface area contributed by atoms with Gasteiger partial charge in [0, 0.05) is 11.8 Å². The number of carbonyl (C=O) groups is 1. The second-order valence-electron chi connectivity index (χ2n) is 4.66. The molecule has 1 aliphatic carbocycles. The van der Waals surface area contributed by atoms with Crippen LogP contribution < -0.4 is 0 Å². The molecule has 0 spiro atoms. The first-order chi connectivity index (χ1) is 5.54. The predicted molar refractivity (Wildman–Crippen MR) is 50.9 cm³/mol. The van der Waals surface area contributed by atoms with E-state index in [2.05, 4.69) is 13.8 Å². The van der Waals surface area contributed by atoms with Crippen molar-refractivity contribution in [2.45, 2.75) is 40.5 Å². The maximum absolute atomic E-state index is 11.8. The Kier molecular flexibility index (Phi) is 2.92. The van der Waals surface area contributed by atoms with Crippen LogP contribution in [0.1, 0.15) is 40.5 Å². The molecule has 70 valence electrons. The van der Waals surface area contributed by atoms with E-state index in [0.717, 1.165) is 5.92 Å². The highest BCUT2D eigenvalue weighted by atomic mass is 16.1. The minimum absolute atomic E-state index is 0.220. The van der Waals surface area contributed by atoms with Gasteiger partial charge in [-0.1, -0.05) is 27.7 Å². The number of carbonyl (C=O) groups excluding carboxylic acids is 1. The van der Waals surface area contributed by atoms with E-state index < -0.39 is 0 Å². The summed E-state index contributed by atoms with van der Waals surface area (Å²) in [5, 5.41) is 0. The van der Waals surface area contributed by atoms with E-state index in [4.69, 9.17) is 0 Å². The fraction of sp³-hybridized carbons (Fsp3) is 0.909. The third-order valence-corrected chi connectivity index (χ3v) is 2.75. The zero-order chi connectivity index (χ0) is 9.30. The summed E-state index contributed by atoms with van der Waals surface area (Å²) in [4.78, 5) is 11.8. The molecule has 0 aromatic rings. The summed E-state index contributed by atoms with van der Waals surface area (Å²) in [5.74, 6) is 2.31. The molecule has 0 radical (unpaired) electrons. The van der Waals surface area contributed by atoms with Crippen molar-refractivity contribution in [2.24, 2.45) is 23.7 Å². The van der Waals surface area contributed by atoms with E-state index in [1.165, 1.54) is 12.8 Å². The number of hydrogen-bond acceptors (Lipinski definition) is 1. The third-order valence-electron chi connectivity index (χ3n) is 2.75. The van der Waals surface area contributed by atoms with Crippen molar-refractivity contribution >= 4 is 5.78 Å². The molecular formula is C11H20O. The van der Waals surface area contributed by atoms with Crippen molar-refractivity contribution < 1.29 is 4.79 Å². The zero-order valence-corrected chi connectivity index (χ0v) is 8.63. The van der Waals surface area contributed by atoms with Gasteiger partial charge >= 0.3 is 0 Å². The molecular weight excluding hydrogens is 148 g/mol. The number of ketones is 1. The van der Waals surface area contributed by atoms with Crippen molar-refractivity contribution in [3.05, 3.63) is 0 Å². The van der Waals surface area contributed by atoms with Gasteiger partial charge in [-0.25, -0.2) is 0 Å². The fourth-order valence-electron chi connectivity index (χ4n) is 1.95. The Morgan fingerprint density at radius 3 is 1.92 bits per heavy atom. The van der Waals surface area contributed by atoms with Crippen molar-refractivity contribution in [3.63, 3.8) is 0 Å². The van der Waals surface area contributed by atoms with Crippen LogP contribution in [-0.4, -0.2) is 5.78 Å². The van der Waals surface area contributed by atoms with Crippen LogP contribution in [0.3, 0.4) is 0 Å². The first kappa shape index (κ1) is 9.76. The number of rotatable bonds is 4. The van der Waals surface area contributed by atoms with Crippen LogP contribution >= 0.6 is 0 Å². The van der Waals surface area contributed by atoms with Gasteiger partial charge in [0.2, 0.25) is 0 Å². The van der Waals surface area contributed by atoms with Crippen molar-refractivity contribution in [1.82, 2.24) is 0 Å². The van der Waals surface area contributed by atoms with E-state index in [-0.39, 0.29) is 5.92 Å². The normalized spacial score (nSPS) is 20.2. The lowest BCUT2D eigenvalue weighted by atomic mass is 9.83. The molecule has 1 nitrogen and oxygen atoms in total. The van der Waals surface area contributed by atoms with E-state index in [0.29, 0.717) is 17.6 Å². The molecule has 1 aliphatic rings. The van der Waals surface area contributed by atoms with E-state index in [1.807, 2.05) is 13.8 Å². The molecule has 12 heavy (non-hydrogen) atoms. The highest BCUT2D eigenvalue weighted by Gasteiger charge is 2.38. The lowest BCUT2D eigenvalue weighted by Crippen LogP contribution is -2.26. The SMILES string of the molecule is CC(C)C(=O)[C@@H](C(C)C)C1CC1. The van der Waals surface area contributed by atoms with Crippen LogP contribution in [0.5, 0.6) is 0 Å². The van der Waals surface area contributed by atoms with Crippen LogP contribution in [0, 0.1) is 23.7 Å². The summed E-state index contributed by atoms with van der Waals surface area (Å²) in [6.07, 6.45) is 2.56. The van der Waals surface area contributed by atoms with Crippen molar-refractivity contribution in [2.75, 3.05) is 0 Å². The largest absolute Gasteiger partial charge is 0.299 e. The third kappa shape index (κ3) is 2.09. The topological polar surface area (TPSA) is 17.1 Å². The molecule has 0 N–H and O–H groups in total. The minimum atomic E-state index is 0.220. The second kappa shape index (κ2) is 3.59. The Morgan fingerprint density at radius 1 is 1.17 bits per heavy atom. The van der Waals surface area contributed by atoms with Crippen molar-refractivity contribution in [3.8, 4) is 0 Å². The molecule has 0 aromatic heterocycles. The summed E-state index contributed by atoms with van der Waals surface area (Å²) < 4.78 is 0. The molecule has 0 unspecified atom stereocenters. The average Bonchev–Trinajstić information content (AvgIpc) is 2.70. The lowest BCUT2D eigenvalue weighted by molar-refractivity contribution is -0.127. The van der Waals surface area contributed by atoms with Gasteiger partial charge in [-0.05, 0) is 24.7 Å². The summed E-state index contributed by atoms with van der Waals surface area (Å²) in [5.41, 5.74) is 0. The van der Waals surface area contributed by atoms with Gasteiger partial charge in [-0.15, -0.1) is 0 Å². The maximum atomic E-state index is 11.8. The molecule has 0 saturated heterocycles. The molecule has 0 amide bonds. The van der Waals surface area contributed by atoms with Gasteiger partial charge in [0.15, 0.2) is 0 Å². The second-order valence-corrected chi connectivity index (χ2v) is 4.66. The van der Waals surface area contributed by atoms with Gasteiger partial charge in [0.25, 0.3) is 0 Å². The first-order valence-electron chi connectivity index (χ1n) is 5.07. The van der Waals surface area contributed by atoms with Crippen LogP contribution in [0.4, 0.5) is 0 Å². The Balaban J connectivity index is 2.58. The Morgan fingerprint density at radius 2 is 1.67 bits per heavy atom. The smallest absolute Gasteiger partial charge is 0.139 e. The van der Waals surface area contributed by atoms with Crippen molar-refractivity contribution in [1.29, 1.82) is 0 Å². The molecule has 1 heteroatoms. The quantitative estimate of drug-likeness (QED) is 0.631. The average molecular weight is 168 g/mol. The van der Waals surface area contributed by atoms with Gasteiger partial charge in [-0.2, -0.15) is 0 Å². The molecule has 0 heterocycles. The Hall–Kier alpha value is -0.330. The van der Waals surface area contributed by atoms with Gasteiger partial charge in [0.1, 0.15) is 5.78 Å². The minimum Gasteiger partial charge on any atom is -0.299 e. The fourth-order valence-corrected chi connectivity index (χ4v) is 1.95. The maximum Gasteiger partial charge on any atom is 0.139 e. The zero-order valence-electron chi connectivity index (χ0n) is 8.63. The monoisotopic (exact) mass is 168 g/mol. The van der Waals surface area contributed by atoms with Crippen LogP contribution in [0.25, 0.3) is 0 Å². The van der Waals surface area contributed by atoms with Crippen LogP contribution in [0.15, 0.2) is 0 Å². The first-order valence-corrected chi connectivity index (χ1v) is 5.07. The number of Topliss-reactive ketones (excluding diaryl/α,β-unsaturated/α-hetero) is 1. The highest BCUT2D eigenvalue weighted by molar-refractivity contribution is 5.83. The summed E-state index contributed by atoms with van der Waals surface area (Å²) in [6, 6.07) is 0. The molecule has 1 atom stereocenters. The molecule has 0 aliphatic heterocycles. The van der Waals surface area contributed by atoms with Gasteiger partial charge < -0.3 is 0 Å². The number of hydrogen-bond donors (Lipinski definition) is 0. The summed E-state index contributed by atoms with van der Waals surface area (Å²) in [6.45, 7) is 8.37. The molecule has 0 bridgehead atoms. The summed E-state index contributed by atoms with van der Waals surface area (Å²) in [7, 11) is 0. The molecule has 1 saturated carbocycles. The van der Waals surface area contributed by atoms with Crippen LogP contribution in [-0.2, 0) is 4.79 Å². The Labute approximate surface area is 75.5 Å². The highest BCUT2D eigenvalue weighted by Crippen LogP contribution is 2.41. The Bertz CT molecular complexity index is 164. The standard InChI is InChI=1S/C11H20O/c1-7(2)10(9-5-6-9)11(12)8(3)4/h7-10H,5-6H2,1-4H3/t10-/m0/s1. The van der Waals surface area contributed by atoms with E-state index in [9.17, 15) is 4.79 Å². The molecule has 1 rings (SSSR count). The van der Waals surface area contributed by atoms with E-state index in [1.54, 1.807) is 0 Å². The van der Waals surface area contributed by atoms with E-state index >= 15 is 0 Å². The van der Waals surface area contributed by atoms with Gasteiger partial charge in [0.05, 0.1) is 0 Å². The molecule has 1 fully saturated rings. The van der Waals surface area contributed by atoms with Gasteiger partial charge in [-0.3, -0.25) is 4.79 Å². The lowest BCUT2D eigenvalue weighted by Gasteiger charge is -2.20. The van der Waals surface area contributed by atoms with Crippen LogP contribution in [0.2, 0.25) is 0 Å². The molecule has 0 aromatic carbocycles.